The predicted molar refractivity (Wildman–Crippen MR) is 55.4 cm³/mol. The number of hydrogen-bond acceptors (Lipinski definition) is 2. The molecule has 1 atom stereocenters. The van der Waals surface area contributed by atoms with Gasteiger partial charge in [-0.1, -0.05) is 33.3 Å². The number of nitrogens with zero attached hydrogens (tertiary/aromatic N) is 1. The van der Waals surface area contributed by atoms with Crippen molar-refractivity contribution in [3.63, 3.8) is 0 Å². The van der Waals surface area contributed by atoms with Crippen LogP contribution in [-0.2, 0) is 0 Å². The first-order valence-corrected chi connectivity index (χ1v) is 4.66. The van der Waals surface area contributed by atoms with Gasteiger partial charge in [-0.3, -0.25) is 0 Å². The molecule has 0 aliphatic carbocycles. The second-order valence-corrected chi connectivity index (χ2v) is 3.00. The van der Waals surface area contributed by atoms with E-state index < -0.39 is 0 Å². The average Bonchev–Trinajstić information content (AvgIpc) is 2.11. The lowest BCUT2D eigenvalue weighted by Gasteiger charge is -2.16. The highest BCUT2D eigenvalue weighted by molar-refractivity contribution is 5.27. The van der Waals surface area contributed by atoms with Crippen LogP contribution in [0.4, 0.5) is 0 Å². The quantitative estimate of drug-likeness (QED) is 0.581. The van der Waals surface area contributed by atoms with Gasteiger partial charge < -0.3 is 5.32 Å². The van der Waals surface area contributed by atoms with Crippen molar-refractivity contribution < 1.29 is 0 Å². The highest BCUT2D eigenvalue weighted by Gasteiger charge is 2.04. The van der Waals surface area contributed by atoms with E-state index in [9.17, 15) is 0 Å². The van der Waals surface area contributed by atoms with E-state index >= 15 is 0 Å². The molecule has 2 heteroatoms. The van der Waals surface area contributed by atoms with E-state index in [0.29, 0.717) is 11.9 Å². The van der Waals surface area contributed by atoms with Crippen molar-refractivity contribution >= 4 is 6.72 Å². The zero-order chi connectivity index (χ0) is 9.40. The lowest BCUT2D eigenvalue weighted by atomic mass is 10.1. The van der Waals surface area contributed by atoms with Crippen LogP contribution < -0.4 is 5.32 Å². The normalized spacial score (nSPS) is 12.2. The van der Waals surface area contributed by atoms with Crippen LogP contribution in [0.3, 0.4) is 0 Å². The molecule has 0 fully saturated rings. The van der Waals surface area contributed by atoms with Crippen LogP contribution in [0.15, 0.2) is 17.4 Å². The van der Waals surface area contributed by atoms with E-state index in [4.69, 9.17) is 0 Å². The van der Waals surface area contributed by atoms with Crippen molar-refractivity contribution in [3.05, 3.63) is 12.4 Å². The van der Waals surface area contributed by atoms with Crippen LogP contribution in [0.2, 0.25) is 0 Å². The maximum atomic E-state index is 3.73. The van der Waals surface area contributed by atoms with Gasteiger partial charge in [0, 0.05) is 6.04 Å². The van der Waals surface area contributed by atoms with Crippen LogP contribution in [0, 0.1) is 0 Å². The van der Waals surface area contributed by atoms with Gasteiger partial charge in [-0.2, -0.15) is 0 Å². The van der Waals surface area contributed by atoms with Gasteiger partial charge in [0.25, 0.3) is 0 Å². The molecule has 0 aromatic rings. The minimum Gasteiger partial charge on any atom is -0.368 e. The summed E-state index contributed by atoms with van der Waals surface area (Å²) in [5.74, 6) is 0.693. The number of rotatable bonds is 7. The number of hydrogen-bond donors (Lipinski definition) is 1. The molecule has 0 saturated heterocycles. The average molecular weight is 168 g/mol. The smallest absolute Gasteiger partial charge is 0.118 e. The van der Waals surface area contributed by atoms with E-state index in [0.717, 1.165) is 6.42 Å². The SMILES string of the molecule is C=NC(=C)NC(CC)CCCC. The summed E-state index contributed by atoms with van der Waals surface area (Å²) in [6.07, 6.45) is 4.82. The minimum atomic E-state index is 0.517. The third kappa shape index (κ3) is 4.94. The second kappa shape index (κ2) is 6.89. The standard InChI is InChI=1S/C10H20N2/c1-5-7-8-10(6-2)12-9(3)11-4/h10,12H,3-8H2,1-2H3. The molecule has 0 spiro atoms. The third-order valence-corrected chi connectivity index (χ3v) is 1.96. The molecule has 0 amide bonds. The fourth-order valence-corrected chi connectivity index (χ4v) is 1.11. The molecule has 0 aliphatic rings. The van der Waals surface area contributed by atoms with Crippen LogP contribution in [0.25, 0.3) is 0 Å². The molecule has 1 unspecified atom stereocenters. The van der Waals surface area contributed by atoms with Gasteiger partial charge >= 0.3 is 0 Å². The summed E-state index contributed by atoms with van der Waals surface area (Å²) in [7, 11) is 0. The Morgan fingerprint density at radius 2 is 2.17 bits per heavy atom. The topological polar surface area (TPSA) is 24.4 Å². The van der Waals surface area contributed by atoms with Crippen molar-refractivity contribution in [1.82, 2.24) is 5.32 Å². The molecule has 0 aromatic carbocycles. The van der Waals surface area contributed by atoms with Crippen LogP contribution in [-0.4, -0.2) is 12.8 Å². The Labute approximate surface area is 75.8 Å². The molecule has 0 aliphatic heterocycles. The molecular weight excluding hydrogens is 148 g/mol. The summed E-state index contributed by atoms with van der Waals surface area (Å²) in [5, 5.41) is 3.23. The van der Waals surface area contributed by atoms with Crippen LogP contribution in [0.5, 0.6) is 0 Å². The largest absolute Gasteiger partial charge is 0.368 e. The lowest BCUT2D eigenvalue weighted by molar-refractivity contribution is 0.490. The highest BCUT2D eigenvalue weighted by atomic mass is 15.0. The Balaban J connectivity index is 3.66. The van der Waals surface area contributed by atoms with E-state index in [1.807, 2.05) is 0 Å². The van der Waals surface area contributed by atoms with Crippen molar-refractivity contribution in [2.24, 2.45) is 4.99 Å². The van der Waals surface area contributed by atoms with Gasteiger partial charge in [0.05, 0.1) is 0 Å². The highest BCUT2D eigenvalue weighted by Crippen LogP contribution is 2.05. The van der Waals surface area contributed by atoms with Gasteiger partial charge in [-0.05, 0) is 19.6 Å². The Kier molecular flexibility index (Phi) is 6.44. The summed E-state index contributed by atoms with van der Waals surface area (Å²) in [6.45, 7) is 11.5. The van der Waals surface area contributed by atoms with Gasteiger partial charge in [0.15, 0.2) is 0 Å². The fraction of sp³-hybridized carbons (Fsp3) is 0.700. The zero-order valence-electron chi connectivity index (χ0n) is 8.27. The van der Waals surface area contributed by atoms with Gasteiger partial charge in [-0.25, -0.2) is 4.99 Å². The van der Waals surface area contributed by atoms with E-state index in [2.05, 4.69) is 37.5 Å². The summed E-state index contributed by atoms with van der Waals surface area (Å²) in [5.41, 5.74) is 0. The second-order valence-electron chi connectivity index (χ2n) is 3.00. The van der Waals surface area contributed by atoms with Crippen molar-refractivity contribution in [2.45, 2.75) is 45.6 Å². The molecule has 0 saturated carbocycles. The maximum absolute atomic E-state index is 3.73. The number of aliphatic imine (C=N–C) groups is 1. The minimum absolute atomic E-state index is 0.517. The lowest BCUT2D eigenvalue weighted by Crippen LogP contribution is -2.26. The van der Waals surface area contributed by atoms with Crippen molar-refractivity contribution in [3.8, 4) is 0 Å². The molecule has 0 bridgehead atoms. The first-order chi connectivity index (χ1) is 5.74. The Hall–Kier alpha value is -0.790. The summed E-state index contributed by atoms with van der Waals surface area (Å²) in [6, 6.07) is 0.517. The fourth-order valence-electron chi connectivity index (χ4n) is 1.11. The Morgan fingerprint density at radius 3 is 2.58 bits per heavy atom. The van der Waals surface area contributed by atoms with Gasteiger partial charge in [0.2, 0.25) is 0 Å². The molecule has 0 heterocycles. The molecule has 70 valence electrons. The third-order valence-electron chi connectivity index (χ3n) is 1.96. The molecule has 0 radical (unpaired) electrons. The first-order valence-electron chi connectivity index (χ1n) is 4.66. The predicted octanol–water partition coefficient (Wildman–Crippen LogP) is 2.72. The van der Waals surface area contributed by atoms with Crippen molar-refractivity contribution in [1.29, 1.82) is 0 Å². The van der Waals surface area contributed by atoms with E-state index in [-0.39, 0.29) is 0 Å². The molecule has 0 rings (SSSR count). The van der Waals surface area contributed by atoms with Crippen LogP contribution in [0.1, 0.15) is 39.5 Å². The molecular formula is C10H20N2. The zero-order valence-corrected chi connectivity index (χ0v) is 8.27. The summed E-state index contributed by atoms with van der Waals surface area (Å²) < 4.78 is 0. The van der Waals surface area contributed by atoms with Crippen molar-refractivity contribution in [2.75, 3.05) is 0 Å². The van der Waals surface area contributed by atoms with Gasteiger partial charge in [-0.15, -0.1) is 0 Å². The van der Waals surface area contributed by atoms with Crippen LogP contribution >= 0.6 is 0 Å². The maximum Gasteiger partial charge on any atom is 0.118 e. The summed E-state index contributed by atoms with van der Waals surface area (Å²) >= 11 is 0. The molecule has 0 aromatic heterocycles. The Bertz CT molecular complexity index is 141. The first kappa shape index (κ1) is 11.2. The van der Waals surface area contributed by atoms with Gasteiger partial charge in [0.1, 0.15) is 5.82 Å². The molecule has 2 nitrogen and oxygen atoms in total. The number of unbranched alkanes of at least 4 members (excludes halogenated alkanes) is 1. The monoisotopic (exact) mass is 168 g/mol. The molecule has 12 heavy (non-hydrogen) atoms. The molecule has 1 N–H and O–H groups in total. The Morgan fingerprint density at radius 1 is 1.50 bits per heavy atom. The van der Waals surface area contributed by atoms with E-state index in [1.165, 1.54) is 19.3 Å². The van der Waals surface area contributed by atoms with E-state index in [1.54, 1.807) is 0 Å². The summed E-state index contributed by atoms with van der Waals surface area (Å²) in [4.78, 5) is 3.73. The number of nitrogens with one attached hydrogen (secondary N) is 1.